The Balaban J connectivity index is 1.31. The number of benzene rings is 2. The van der Waals surface area contributed by atoms with Gasteiger partial charge < -0.3 is 10.2 Å². The molecule has 3 aromatic rings. The molecule has 0 saturated carbocycles. The Kier molecular flexibility index (Phi) is 5.30. The van der Waals surface area contributed by atoms with Gasteiger partial charge in [0.1, 0.15) is 0 Å². The zero-order valence-electron chi connectivity index (χ0n) is 16.5. The molecular formula is C22H27N5O. The van der Waals surface area contributed by atoms with E-state index in [4.69, 9.17) is 0 Å². The molecule has 2 heterocycles. The lowest BCUT2D eigenvalue weighted by molar-refractivity contribution is 0.0931. The predicted octanol–water partition coefficient (Wildman–Crippen LogP) is 2.81. The highest BCUT2D eigenvalue weighted by Gasteiger charge is 2.22. The number of rotatable bonds is 5. The first-order valence-corrected chi connectivity index (χ1v) is 9.89. The second-order valence-electron chi connectivity index (χ2n) is 7.54. The van der Waals surface area contributed by atoms with E-state index in [0.29, 0.717) is 12.2 Å². The molecule has 1 amide bonds. The average Bonchev–Trinajstić information content (AvgIpc) is 3.15. The maximum Gasteiger partial charge on any atom is 0.272 e. The minimum Gasteiger partial charge on any atom is -0.369 e. The van der Waals surface area contributed by atoms with Crippen molar-refractivity contribution in [3.05, 3.63) is 59.8 Å². The molecule has 0 bridgehead atoms. The van der Waals surface area contributed by atoms with Crippen LogP contribution in [-0.2, 0) is 0 Å². The molecule has 2 aromatic carbocycles. The molecule has 6 nitrogen and oxygen atoms in total. The van der Waals surface area contributed by atoms with Crippen LogP contribution in [0, 0.1) is 6.92 Å². The van der Waals surface area contributed by atoms with Gasteiger partial charge in [0.25, 0.3) is 5.91 Å². The number of amides is 1. The molecule has 6 heteroatoms. The quantitative estimate of drug-likeness (QED) is 0.718. The van der Waals surface area contributed by atoms with Crippen LogP contribution >= 0.6 is 0 Å². The van der Waals surface area contributed by atoms with Crippen molar-refractivity contribution in [1.82, 2.24) is 20.4 Å². The van der Waals surface area contributed by atoms with E-state index < -0.39 is 0 Å². The number of piperazine rings is 1. The number of carbonyl (C=O) groups is 1. The van der Waals surface area contributed by atoms with Crippen LogP contribution in [0.5, 0.6) is 0 Å². The summed E-state index contributed by atoms with van der Waals surface area (Å²) in [4.78, 5) is 17.5. The van der Waals surface area contributed by atoms with Crippen molar-refractivity contribution < 1.29 is 4.79 Å². The summed E-state index contributed by atoms with van der Waals surface area (Å²) in [5, 5.41) is 11.1. The van der Waals surface area contributed by atoms with Crippen molar-refractivity contribution in [2.24, 2.45) is 0 Å². The molecule has 1 aliphatic heterocycles. The lowest BCUT2D eigenvalue weighted by Crippen LogP contribution is -2.52. The van der Waals surface area contributed by atoms with E-state index in [1.54, 1.807) is 0 Å². The van der Waals surface area contributed by atoms with Gasteiger partial charge in [0.2, 0.25) is 0 Å². The van der Waals surface area contributed by atoms with Crippen LogP contribution in [0.15, 0.2) is 48.5 Å². The molecule has 146 valence electrons. The van der Waals surface area contributed by atoms with Crippen LogP contribution in [0.25, 0.3) is 10.9 Å². The number of aryl methyl sites for hydroxylation is 1. The highest BCUT2D eigenvalue weighted by Crippen LogP contribution is 2.18. The number of para-hydroxylation sites is 1. The highest BCUT2D eigenvalue weighted by atomic mass is 16.1. The van der Waals surface area contributed by atoms with E-state index in [9.17, 15) is 4.79 Å². The van der Waals surface area contributed by atoms with Crippen LogP contribution in [0.2, 0.25) is 0 Å². The molecule has 1 atom stereocenters. The fourth-order valence-corrected chi connectivity index (χ4v) is 3.81. The van der Waals surface area contributed by atoms with Gasteiger partial charge >= 0.3 is 0 Å². The summed E-state index contributed by atoms with van der Waals surface area (Å²) in [6, 6.07) is 16.8. The van der Waals surface area contributed by atoms with E-state index >= 15 is 0 Å². The van der Waals surface area contributed by atoms with Gasteiger partial charge in [0, 0.05) is 49.8 Å². The third-order valence-corrected chi connectivity index (χ3v) is 5.55. The fourth-order valence-electron chi connectivity index (χ4n) is 3.81. The molecule has 0 spiro atoms. The lowest BCUT2D eigenvalue weighted by atomic mass is 10.1. The molecule has 4 rings (SSSR count). The molecule has 0 aliphatic carbocycles. The van der Waals surface area contributed by atoms with E-state index in [1.165, 1.54) is 5.69 Å². The molecular weight excluding hydrogens is 350 g/mol. The van der Waals surface area contributed by atoms with E-state index in [0.717, 1.165) is 42.6 Å². The first-order valence-electron chi connectivity index (χ1n) is 9.89. The average molecular weight is 377 g/mol. The number of hydrogen-bond acceptors (Lipinski definition) is 4. The molecule has 1 saturated heterocycles. The van der Waals surface area contributed by atoms with Gasteiger partial charge in [0.15, 0.2) is 5.69 Å². The number of carbonyl (C=O) groups excluding carboxylic acids is 1. The van der Waals surface area contributed by atoms with Crippen molar-refractivity contribution >= 4 is 22.5 Å². The van der Waals surface area contributed by atoms with Crippen molar-refractivity contribution in [3.63, 3.8) is 0 Å². The number of nitrogens with zero attached hydrogens (tertiary/aromatic N) is 3. The largest absolute Gasteiger partial charge is 0.369 e. The summed E-state index contributed by atoms with van der Waals surface area (Å²) >= 11 is 0. The molecule has 28 heavy (non-hydrogen) atoms. The number of hydrogen-bond donors (Lipinski definition) is 2. The monoisotopic (exact) mass is 377 g/mol. The van der Waals surface area contributed by atoms with Gasteiger partial charge in [-0.05, 0) is 38.1 Å². The second kappa shape index (κ2) is 8.02. The molecule has 0 radical (unpaired) electrons. The lowest BCUT2D eigenvalue weighted by Gasteiger charge is -2.39. The number of aromatic amines is 1. The molecule has 2 N–H and O–H groups in total. The summed E-state index contributed by atoms with van der Waals surface area (Å²) in [7, 11) is 0. The van der Waals surface area contributed by atoms with Crippen LogP contribution in [0.4, 0.5) is 5.69 Å². The third-order valence-electron chi connectivity index (χ3n) is 5.55. The van der Waals surface area contributed by atoms with Crippen molar-refractivity contribution in [1.29, 1.82) is 0 Å². The SMILES string of the molecule is Cc1ccc2[nH]nc(C(=O)NCC(C)N3CCN(c4ccccc4)CC3)c2c1. The van der Waals surface area contributed by atoms with Gasteiger partial charge in [-0.2, -0.15) is 5.10 Å². The van der Waals surface area contributed by atoms with Crippen molar-refractivity contribution in [2.75, 3.05) is 37.6 Å². The van der Waals surface area contributed by atoms with Gasteiger partial charge in [-0.3, -0.25) is 14.8 Å². The van der Waals surface area contributed by atoms with Crippen LogP contribution < -0.4 is 10.2 Å². The van der Waals surface area contributed by atoms with E-state index in [-0.39, 0.29) is 11.9 Å². The number of aromatic nitrogens is 2. The fraction of sp³-hybridized carbons (Fsp3) is 0.364. The second-order valence-corrected chi connectivity index (χ2v) is 7.54. The smallest absolute Gasteiger partial charge is 0.272 e. The Morgan fingerprint density at radius 1 is 1.14 bits per heavy atom. The summed E-state index contributed by atoms with van der Waals surface area (Å²) in [6.07, 6.45) is 0. The minimum absolute atomic E-state index is 0.119. The first kappa shape index (κ1) is 18.5. The Hall–Kier alpha value is -2.86. The van der Waals surface area contributed by atoms with Crippen molar-refractivity contribution in [2.45, 2.75) is 19.9 Å². The maximum absolute atomic E-state index is 12.6. The topological polar surface area (TPSA) is 64.3 Å². The summed E-state index contributed by atoms with van der Waals surface area (Å²) in [6.45, 7) is 8.81. The Morgan fingerprint density at radius 2 is 1.89 bits per heavy atom. The minimum atomic E-state index is -0.119. The molecule has 1 unspecified atom stereocenters. The van der Waals surface area contributed by atoms with E-state index in [1.807, 2.05) is 31.2 Å². The zero-order valence-corrected chi connectivity index (χ0v) is 16.5. The molecule has 1 fully saturated rings. The predicted molar refractivity (Wildman–Crippen MR) is 113 cm³/mol. The standard InChI is InChI=1S/C22H27N5O/c1-16-8-9-20-19(14-16)21(25-24-20)22(28)23-15-17(2)26-10-12-27(13-11-26)18-6-4-3-5-7-18/h3-9,14,17H,10-13,15H2,1-2H3,(H,23,28)(H,24,25). The van der Waals surface area contributed by atoms with Gasteiger partial charge in [-0.25, -0.2) is 0 Å². The maximum atomic E-state index is 12.6. The Morgan fingerprint density at radius 3 is 2.64 bits per heavy atom. The zero-order chi connectivity index (χ0) is 19.5. The molecule has 1 aromatic heterocycles. The number of H-pyrrole nitrogens is 1. The van der Waals surface area contributed by atoms with Gasteiger partial charge in [0.05, 0.1) is 5.52 Å². The summed E-state index contributed by atoms with van der Waals surface area (Å²) in [5.41, 5.74) is 3.76. The number of nitrogens with one attached hydrogen (secondary N) is 2. The van der Waals surface area contributed by atoms with Crippen LogP contribution in [0.1, 0.15) is 23.0 Å². The van der Waals surface area contributed by atoms with Gasteiger partial charge in [-0.1, -0.05) is 29.8 Å². The Labute approximate surface area is 165 Å². The number of anilines is 1. The third kappa shape index (κ3) is 3.87. The van der Waals surface area contributed by atoms with E-state index in [2.05, 4.69) is 56.5 Å². The molecule has 1 aliphatic rings. The summed E-state index contributed by atoms with van der Waals surface area (Å²) < 4.78 is 0. The normalized spacial score (nSPS) is 16.3. The van der Waals surface area contributed by atoms with Crippen molar-refractivity contribution in [3.8, 4) is 0 Å². The Bertz CT molecular complexity index is 944. The van der Waals surface area contributed by atoms with Gasteiger partial charge in [-0.15, -0.1) is 0 Å². The summed E-state index contributed by atoms with van der Waals surface area (Å²) in [5.74, 6) is -0.119. The number of fused-ring (bicyclic) bond motifs is 1. The first-order chi connectivity index (χ1) is 13.6. The highest BCUT2D eigenvalue weighted by molar-refractivity contribution is 6.04. The van der Waals surface area contributed by atoms with Crippen LogP contribution in [0.3, 0.4) is 0 Å². The van der Waals surface area contributed by atoms with Crippen LogP contribution in [-0.4, -0.2) is 59.8 Å².